The van der Waals surface area contributed by atoms with Crippen LogP contribution in [0.1, 0.15) is 5.56 Å². The van der Waals surface area contributed by atoms with E-state index in [4.69, 9.17) is 9.47 Å². The van der Waals surface area contributed by atoms with Crippen LogP contribution in [0.15, 0.2) is 39.7 Å². The molecule has 10 heteroatoms. The van der Waals surface area contributed by atoms with Gasteiger partial charge < -0.3 is 9.47 Å². The summed E-state index contributed by atoms with van der Waals surface area (Å²) < 4.78 is 38.3. The van der Waals surface area contributed by atoms with Crippen molar-refractivity contribution in [2.75, 3.05) is 25.1 Å². The van der Waals surface area contributed by atoms with Crippen LogP contribution in [-0.2, 0) is 16.4 Å². The third-order valence-corrected chi connectivity index (χ3v) is 6.91. The molecule has 1 aliphatic rings. The molecule has 1 heterocycles. The van der Waals surface area contributed by atoms with Gasteiger partial charge in [0.1, 0.15) is 4.90 Å². The van der Waals surface area contributed by atoms with E-state index < -0.39 is 14.9 Å². The number of methoxy groups -OCH3 is 2. The highest BCUT2D eigenvalue weighted by Gasteiger charge is 2.34. The number of ether oxygens (including phenoxy) is 2. The molecule has 0 bridgehead atoms. The fourth-order valence-electron chi connectivity index (χ4n) is 2.85. The number of anilines is 1. The highest BCUT2D eigenvalue weighted by molar-refractivity contribution is 9.10. The van der Waals surface area contributed by atoms with Gasteiger partial charge in [0, 0.05) is 29.2 Å². The summed E-state index contributed by atoms with van der Waals surface area (Å²) >= 11 is 3.26. The van der Waals surface area contributed by atoms with Gasteiger partial charge in [0.15, 0.2) is 11.5 Å². The third-order valence-electron chi connectivity index (χ3n) is 4.14. The molecule has 0 unspecified atom stereocenters. The van der Waals surface area contributed by atoms with Crippen molar-refractivity contribution >= 4 is 37.3 Å². The van der Waals surface area contributed by atoms with Crippen LogP contribution in [0.4, 0.5) is 11.4 Å². The van der Waals surface area contributed by atoms with Gasteiger partial charge in [-0.1, -0.05) is 6.07 Å². The van der Waals surface area contributed by atoms with Crippen molar-refractivity contribution in [3.63, 3.8) is 0 Å². The number of nitro benzene ring substituents is 1. The van der Waals surface area contributed by atoms with Gasteiger partial charge in [-0.05, 0) is 34.0 Å². The summed E-state index contributed by atoms with van der Waals surface area (Å²) in [5, 5.41) is 11.0. The Labute approximate surface area is 158 Å². The zero-order chi connectivity index (χ0) is 19.1. The quantitative estimate of drug-likeness (QED) is 0.520. The summed E-state index contributed by atoms with van der Waals surface area (Å²) in [5.74, 6) is 0.656. The van der Waals surface area contributed by atoms with Crippen LogP contribution in [0.3, 0.4) is 0 Å². The standard InChI is InChI=1S/C16H15BrN2O6S/c1-24-14-8-12(17)16(9-15(14)25-2)26(22,23)18-6-5-10-3-4-11(19(20)21)7-13(10)18/h3-4,7-9H,5-6H2,1-2H3. The maximum Gasteiger partial charge on any atom is 0.271 e. The van der Waals surface area contributed by atoms with E-state index in [1.54, 1.807) is 6.07 Å². The second kappa shape index (κ2) is 6.76. The Morgan fingerprint density at radius 1 is 1.15 bits per heavy atom. The van der Waals surface area contributed by atoms with E-state index in [1.165, 1.54) is 42.8 Å². The Kier molecular flexibility index (Phi) is 4.80. The van der Waals surface area contributed by atoms with Gasteiger partial charge in [-0.15, -0.1) is 0 Å². The van der Waals surface area contributed by atoms with Gasteiger partial charge in [0.25, 0.3) is 15.7 Å². The molecule has 0 spiro atoms. The van der Waals surface area contributed by atoms with Gasteiger partial charge in [-0.2, -0.15) is 0 Å². The lowest BCUT2D eigenvalue weighted by Crippen LogP contribution is -2.29. The molecule has 0 amide bonds. The predicted molar refractivity (Wildman–Crippen MR) is 98.6 cm³/mol. The second-order valence-corrected chi connectivity index (χ2v) is 8.22. The first-order chi connectivity index (χ1) is 12.3. The van der Waals surface area contributed by atoms with Crippen LogP contribution in [0.25, 0.3) is 0 Å². The van der Waals surface area contributed by atoms with Crippen LogP contribution >= 0.6 is 15.9 Å². The molecule has 0 N–H and O–H groups in total. The smallest absolute Gasteiger partial charge is 0.271 e. The monoisotopic (exact) mass is 442 g/mol. The molecule has 0 saturated heterocycles. The topological polar surface area (TPSA) is 99.0 Å². The van der Waals surface area contributed by atoms with E-state index in [0.29, 0.717) is 22.3 Å². The molecule has 0 atom stereocenters. The Morgan fingerprint density at radius 2 is 1.81 bits per heavy atom. The average Bonchev–Trinajstić information content (AvgIpc) is 3.05. The Balaban J connectivity index is 2.12. The number of halogens is 1. The number of nitro groups is 1. The van der Waals surface area contributed by atoms with Crippen molar-refractivity contribution in [3.8, 4) is 11.5 Å². The maximum atomic E-state index is 13.2. The molecule has 26 heavy (non-hydrogen) atoms. The van der Waals surface area contributed by atoms with E-state index in [9.17, 15) is 18.5 Å². The molecule has 138 valence electrons. The van der Waals surface area contributed by atoms with Crippen molar-refractivity contribution in [1.82, 2.24) is 0 Å². The molecular formula is C16H15BrN2O6S. The number of nitrogens with zero attached hydrogens (tertiary/aromatic N) is 2. The van der Waals surface area contributed by atoms with E-state index in [0.717, 1.165) is 5.56 Å². The van der Waals surface area contributed by atoms with E-state index in [1.807, 2.05) is 0 Å². The van der Waals surface area contributed by atoms with E-state index >= 15 is 0 Å². The van der Waals surface area contributed by atoms with Crippen molar-refractivity contribution < 1.29 is 22.8 Å². The van der Waals surface area contributed by atoms with Crippen molar-refractivity contribution in [3.05, 3.63) is 50.5 Å². The molecule has 0 saturated carbocycles. The molecule has 0 radical (unpaired) electrons. The third kappa shape index (κ3) is 2.99. The van der Waals surface area contributed by atoms with E-state index in [2.05, 4.69) is 15.9 Å². The summed E-state index contributed by atoms with van der Waals surface area (Å²) in [7, 11) is -1.09. The first kappa shape index (κ1) is 18.5. The summed E-state index contributed by atoms with van der Waals surface area (Å²) in [6.07, 6.45) is 0.484. The fraction of sp³-hybridized carbons (Fsp3) is 0.250. The first-order valence-electron chi connectivity index (χ1n) is 7.51. The number of non-ortho nitro benzene ring substituents is 1. The Hall–Kier alpha value is -2.33. The lowest BCUT2D eigenvalue weighted by molar-refractivity contribution is -0.384. The number of benzene rings is 2. The zero-order valence-electron chi connectivity index (χ0n) is 13.9. The minimum atomic E-state index is -3.95. The van der Waals surface area contributed by atoms with Crippen LogP contribution in [0.5, 0.6) is 11.5 Å². The minimum absolute atomic E-state index is 0.00509. The molecule has 1 aliphatic heterocycles. The largest absolute Gasteiger partial charge is 0.493 e. The molecule has 2 aromatic rings. The van der Waals surface area contributed by atoms with Crippen LogP contribution in [-0.4, -0.2) is 34.1 Å². The molecule has 0 fully saturated rings. The first-order valence-corrected chi connectivity index (χ1v) is 9.74. The lowest BCUT2D eigenvalue weighted by atomic mass is 10.1. The van der Waals surface area contributed by atoms with Crippen LogP contribution in [0.2, 0.25) is 0 Å². The number of hydrogen-bond donors (Lipinski definition) is 0. The summed E-state index contributed by atoms with van der Waals surface area (Å²) in [4.78, 5) is 10.5. The SMILES string of the molecule is COc1cc(Br)c(S(=O)(=O)N2CCc3ccc([N+](=O)[O-])cc32)cc1OC. The maximum absolute atomic E-state index is 13.2. The predicted octanol–water partition coefficient (Wildman–Crippen LogP) is 3.13. The lowest BCUT2D eigenvalue weighted by Gasteiger charge is -2.21. The summed E-state index contributed by atoms with van der Waals surface area (Å²) in [6.45, 7) is 0.208. The normalized spacial score (nSPS) is 13.4. The molecular weight excluding hydrogens is 428 g/mol. The summed E-state index contributed by atoms with van der Waals surface area (Å²) in [6, 6.07) is 7.13. The zero-order valence-corrected chi connectivity index (χ0v) is 16.3. The number of fused-ring (bicyclic) bond motifs is 1. The molecule has 2 aromatic carbocycles. The fourth-order valence-corrected chi connectivity index (χ4v) is 5.35. The second-order valence-electron chi connectivity index (χ2n) is 5.53. The van der Waals surface area contributed by atoms with E-state index in [-0.39, 0.29) is 22.9 Å². The van der Waals surface area contributed by atoms with Crippen LogP contribution in [0, 0.1) is 10.1 Å². The Morgan fingerprint density at radius 3 is 2.42 bits per heavy atom. The van der Waals surface area contributed by atoms with Gasteiger partial charge in [0.2, 0.25) is 0 Å². The van der Waals surface area contributed by atoms with Gasteiger partial charge >= 0.3 is 0 Å². The van der Waals surface area contributed by atoms with Crippen LogP contribution < -0.4 is 13.8 Å². The minimum Gasteiger partial charge on any atom is -0.493 e. The average molecular weight is 443 g/mol. The van der Waals surface area contributed by atoms with Gasteiger partial charge in [0.05, 0.1) is 24.8 Å². The molecule has 0 aromatic heterocycles. The number of hydrogen-bond acceptors (Lipinski definition) is 6. The van der Waals surface area contributed by atoms with Crippen molar-refractivity contribution in [1.29, 1.82) is 0 Å². The highest BCUT2D eigenvalue weighted by atomic mass is 79.9. The van der Waals surface area contributed by atoms with Gasteiger partial charge in [-0.25, -0.2) is 8.42 Å². The summed E-state index contributed by atoms with van der Waals surface area (Å²) in [5.41, 5.74) is 0.911. The molecule has 3 rings (SSSR count). The van der Waals surface area contributed by atoms with Crippen molar-refractivity contribution in [2.45, 2.75) is 11.3 Å². The number of sulfonamides is 1. The Bertz CT molecular complexity index is 992. The molecule has 8 nitrogen and oxygen atoms in total. The van der Waals surface area contributed by atoms with Gasteiger partial charge in [-0.3, -0.25) is 14.4 Å². The number of rotatable bonds is 5. The molecule has 0 aliphatic carbocycles. The van der Waals surface area contributed by atoms with Crippen molar-refractivity contribution in [2.24, 2.45) is 0 Å². The highest BCUT2D eigenvalue weighted by Crippen LogP contribution is 2.40.